The number of aliphatic hydroxyl groups is 1. The Balaban J connectivity index is 0.00000529. The first-order valence-corrected chi connectivity index (χ1v) is 8.97. The summed E-state index contributed by atoms with van der Waals surface area (Å²) in [5.41, 5.74) is -0.822. The first-order chi connectivity index (χ1) is 10.9. The molecule has 1 saturated heterocycles. The number of morpholine rings is 1. The summed E-state index contributed by atoms with van der Waals surface area (Å²) in [5.74, 6) is 1.52. The van der Waals surface area contributed by atoms with Gasteiger partial charge in [-0.1, -0.05) is 13.8 Å². The van der Waals surface area contributed by atoms with Gasteiger partial charge in [0.05, 0.1) is 25.4 Å². The molecule has 0 bridgehead atoms. The Morgan fingerprint density at radius 2 is 1.96 bits per heavy atom. The van der Waals surface area contributed by atoms with E-state index >= 15 is 0 Å². The molecular formula is C17H37IN4O2. The molecule has 0 radical (unpaired) electrons. The van der Waals surface area contributed by atoms with Crippen molar-refractivity contribution in [2.24, 2.45) is 10.9 Å². The Bertz CT molecular complexity index is 345. The van der Waals surface area contributed by atoms with Crippen LogP contribution in [0.25, 0.3) is 0 Å². The minimum absolute atomic E-state index is 0. The lowest BCUT2D eigenvalue weighted by atomic mass is 10.1. The fraction of sp³-hybridized carbons (Fsp3) is 0.941. The van der Waals surface area contributed by atoms with Crippen LogP contribution >= 0.6 is 24.0 Å². The number of β-amino-alcohol motifs (C(OH)–C–C–N with tert-alkyl or cyclic N) is 1. The fourth-order valence-corrected chi connectivity index (χ4v) is 2.60. The third kappa shape index (κ3) is 11.4. The van der Waals surface area contributed by atoms with Crippen LogP contribution in [-0.2, 0) is 4.74 Å². The van der Waals surface area contributed by atoms with Crippen LogP contribution in [0, 0.1) is 5.92 Å². The summed E-state index contributed by atoms with van der Waals surface area (Å²) in [6, 6.07) is 0. The molecule has 3 N–H and O–H groups in total. The van der Waals surface area contributed by atoms with E-state index in [2.05, 4.69) is 41.3 Å². The first-order valence-electron chi connectivity index (χ1n) is 8.97. The SMILES string of the molecule is CCNC(=NCC(C)(O)CN1CCOCC1)NCCCC(C)C.I. The van der Waals surface area contributed by atoms with Crippen molar-refractivity contribution < 1.29 is 9.84 Å². The quantitative estimate of drug-likeness (QED) is 0.213. The van der Waals surface area contributed by atoms with Crippen LogP contribution in [-0.4, -0.2) is 74.0 Å². The van der Waals surface area contributed by atoms with Gasteiger partial charge in [0, 0.05) is 32.7 Å². The molecule has 1 aliphatic rings. The smallest absolute Gasteiger partial charge is 0.191 e. The highest BCUT2D eigenvalue weighted by Crippen LogP contribution is 2.09. The van der Waals surface area contributed by atoms with Crippen molar-refractivity contribution in [3.8, 4) is 0 Å². The fourth-order valence-electron chi connectivity index (χ4n) is 2.60. The summed E-state index contributed by atoms with van der Waals surface area (Å²) in [7, 11) is 0. The first kappa shape index (κ1) is 23.9. The maximum absolute atomic E-state index is 10.6. The van der Waals surface area contributed by atoms with E-state index in [1.807, 2.05) is 6.92 Å². The molecule has 7 heteroatoms. The number of hydrogen-bond donors (Lipinski definition) is 3. The van der Waals surface area contributed by atoms with Crippen molar-refractivity contribution in [1.82, 2.24) is 15.5 Å². The number of hydrogen-bond acceptors (Lipinski definition) is 4. The summed E-state index contributed by atoms with van der Waals surface area (Å²) >= 11 is 0. The zero-order chi connectivity index (χ0) is 17.1. The third-order valence-corrected chi connectivity index (χ3v) is 3.84. The lowest BCUT2D eigenvalue weighted by Crippen LogP contribution is -2.48. The Morgan fingerprint density at radius 3 is 2.54 bits per heavy atom. The molecule has 144 valence electrons. The molecule has 0 aromatic rings. The van der Waals surface area contributed by atoms with Crippen molar-refractivity contribution >= 4 is 29.9 Å². The minimum atomic E-state index is -0.822. The van der Waals surface area contributed by atoms with Crippen molar-refractivity contribution in [1.29, 1.82) is 0 Å². The molecule has 1 atom stereocenters. The molecule has 1 aliphatic heterocycles. The molecule has 1 unspecified atom stereocenters. The van der Waals surface area contributed by atoms with Gasteiger partial charge < -0.3 is 20.5 Å². The average Bonchev–Trinajstić information content (AvgIpc) is 2.49. The van der Waals surface area contributed by atoms with Gasteiger partial charge >= 0.3 is 0 Å². The van der Waals surface area contributed by atoms with Gasteiger partial charge in [-0.3, -0.25) is 9.89 Å². The molecule has 0 aromatic heterocycles. The highest BCUT2D eigenvalue weighted by molar-refractivity contribution is 14.0. The number of aliphatic imine (C=N–C) groups is 1. The molecule has 0 aromatic carbocycles. The molecule has 0 amide bonds. The normalized spacial score (nSPS) is 18.8. The van der Waals surface area contributed by atoms with Gasteiger partial charge in [-0.05, 0) is 32.6 Å². The Morgan fingerprint density at radius 1 is 1.29 bits per heavy atom. The maximum Gasteiger partial charge on any atom is 0.191 e. The van der Waals surface area contributed by atoms with E-state index in [4.69, 9.17) is 4.74 Å². The second-order valence-corrected chi connectivity index (χ2v) is 7.04. The predicted molar refractivity (Wildman–Crippen MR) is 111 cm³/mol. The van der Waals surface area contributed by atoms with E-state index < -0.39 is 5.60 Å². The summed E-state index contributed by atoms with van der Waals surface area (Å²) in [6.45, 7) is 14.4. The lowest BCUT2D eigenvalue weighted by Gasteiger charge is -2.33. The minimum Gasteiger partial charge on any atom is -0.387 e. The van der Waals surface area contributed by atoms with Gasteiger partial charge in [-0.2, -0.15) is 0 Å². The summed E-state index contributed by atoms with van der Waals surface area (Å²) in [5, 5.41) is 17.2. The number of ether oxygens (including phenoxy) is 1. The van der Waals surface area contributed by atoms with Gasteiger partial charge in [0.25, 0.3) is 0 Å². The van der Waals surface area contributed by atoms with Crippen molar-refractivity contribution in [3.05, 3.63) is 0 Å². The van der Waals surface area contributed by atoms with Crippen LogP contribution in [0.3, 0.4) is 0 Å². The Kier molecular flexibility index (Phi) is 13.1. The Labute approximate surface area is 164 Å². The number of guanidine groups is 1. The van der Waals surface area contributed by atoms with E-state index in [1.165, 1.54) is 6.42 Å². The van der Waals surface area contributed by atoms with Gasteiger partial charge in [-0.15, -0.1) is 24.0 Å². The lowest BCUT2D eigenvalue weighted by molar-refractivity contribution is -0.0179. The molecule has 1 rings (SSSR count). The number of nitrogens with one attached hydrogen (secondary N) is 2. The number of halogens is 1. The average molecular weight is 456 g/mol. The van der Waals surface area contributed by atoms with Crippen molar-refractivity contribution in [3.63, 3.8) is 0 Å². The summed E-state index contributed by atoms with van der Waals surface area (Å²) in [4.78, 5) is 6.79. The topological polar surface area (TPSA) is 69.1 Å². The van der Waals surface area contributed by atoms with Gasteiger partial charge in [0.15, 0.2) is 5.96 Å². The Hall–Kier alpha value is -0.120. The monoisotopic (exact) mass is 456 g/mol. The van der Waals surface area contributed by atoms with Gasteiger partial charge in [0.2, 0.25) is 0 Å². The summed E-state index contributed by atoms with van der Waals surface area (Å²) < 4.78 is 5.35. The second-order valence-electron chi connectivity index (χ2n) is 7.04. The largest absolute Gasteiger partial charge is 0.387 e. The highest BCUT2D eigenvalue weighted by Gasteiger charge is 2.25. The number of rotatable bonds is 9. The zero-order valence-corrected chi connectivity index (χ0v) is 18.1. The molecule has 0 saturated carbocycles. The molecular weight excluding hydrogens is 419 g/mol. The van der Waals surface area contributed by atoms with Crippen LogP contribution in [0.4, 0.5) is 0 Å². The van der Waals surface area contributed by atoms with Crippen LogP contribution in [0.5, 0.6) is 0 Å². The highest BCUT2D eigenvalue weighted by atomic mass is 127. The van der Waals surface area contributed by atoms with E-state index in [9.17, 15) is 5.11 Å². The van der Waals surface area contributed by atoms with Crippen molar-refractivity contribution in [2.75, 3.05) is 52.5 Å². The predicted octanol–water partition coefficient (Wildman–Crippen LogP) is 1.68. The van der Waals surface area contributed by atoms with E-state index in [1.54, 1.807) is 0 Å². The maximum atomic E-state index is 10.6. The van der Waals surface area contributed by atoms with E-state index in [-0.39, 0.29) is 24.0 Å². The second kappa shape index (κ2) is 13.1. The van der Waals surface area contributed by atoms with Crippen LogP contribution in [0.15, 0.2) is 4.99 Å². The molecule has 1 fully saturated rings. The molecule has 24 heavy (non-hydrogen) atoms. The van der Waals surface area contributed by atoms with Crippen LogP contribution in [0.1, 0.15) is 40.5 Å². The standard InChI is InChI=1S/C17H36N4O2.HI/c1-5-18-16(19-8-6-7-15(2)3)20-13-17(4,22)14-21-9-11-23-12-10-21;/h15,22H,5-14H2,1-4H3,(H2,18,19,20);1H. The van der Waals surface area contributed by atoms with E-state index in [0.717, 1.165) is 57.7 Å². The van der Waals surface area contributed by atoms with Crippen LogP contribution in [0.2, 0.25) is 0 Å². The van der Waals surface area contributed by atoms with Crippen LogP contribution < -0.4 is 10.6 Å². The molecule has 0 spiro atoms. The third-order valence-electron chi connectivity index (χ3n) is 3.84. The number of nitrogens with zero attached hydrogens (tertiary/aromatic N) is 2. The van der Waals surface area contributed by atoms with Gasteiger partial charge in [-0.25, -0.2) is 0 Å². The van der Waals surface area contributed by atoms with E-state index in [0.29, 0.717) is 13.1 Å². The molecule has 0 aliphatic carbocycles. The van der Waals surface area contributed by atoms with Gasteiger partial charge in [0.1, 0.15) is 0 Å². The summed E-state index contributed by atoms with van der Waals surface area (Å²) in [6.07, 6.45) is 2.34. The molecule has 6 nitrogen and oxygen atoms in total. The molecule has 1 heterocycles. The zero-order valence-electron chi connectivity index (χ0n) is 15.8. The van der Waals surface area contributed by atoms with Crippen molar-refractivity contribution in [2.45, 2.75) is 46.1 Å².